The van der Waals surface area contributed by atoms with Gasteiger partial charge < -0.3 is 9.13 Å². The Kier molecular flexibility index (Phi) is 10.7. The highest BCUT2D eigenvalue weighted by Crippen LogP contribution is 2.47. The third kappa shape index (κ3) is 7.33. The van der Waals surface area contributed by atoms with Crippen molar-refractivity contribution in [2.24, 2.45) is 0 Å². The van der Waals surface area contributed by atoms with Crippen molar-refractivity contribution in [3.8, 4) is 67.0 Å². The molecule has 2 nitrogen and oxygen atoms in total. The largest absolute Gasteiger partial charge is 0.309 e. The van der Waals surface area contributed by atoms with E-state index in [9.17, 15) is 0 Å². The van der Waals surface area contributed by atoms with Gasteiger partial charge in [-0.05, 0) is 199 Å². The summed E-state index contributed by atoms with van der Waals surface area (Å²) in [4.78, 5) is 0. The summed E-state index contributed by atoms with van der Waals surface area (Å²) in [5, 5.41) is 20.1. The zero-order valence-corrected chi connectivity index (χ0v) is 46.9. The molecule has 0 N–H and O–H groups in total. The molecular formula is C84H52N2. The summed E-state index contributed by atoms with van der Waals surface area (Å²) in [7, 11) is 0. The number of fused-ring (bicyclic) bond motifs is 18. The van der Waals surface area contributed by atoms with Crippen molar-refractivity contribution in [1.82, 2.24) is 9.13 Å². The van der Waals surface area contributed by atoms with Crippen LogP contribution in [0.4, 0.5) is 0 Å². The molecule has 0 spiro atoms. The summed E-state index contributed by atoms with van der Waals surface area (Å²) in [6.07, 6.45) is 0. The highest BCUT2D eigenvalue weighted by Gasteiger charge is 2.21. The fourth-order valence-electron chi connectivity index (χ4n) is 14.7. The van der Waals surface area contributed by atoms with Gasteiger partial charge in [0.1, 0.15) is 0 Å². The standard InChI is InChI=1S/C84H52N2/c1-3-20-58(21-4-1)85-80-35-17-15-32-72(80)79-52-57(42-47-82(79)85)75-48-53(38-43-61(75)56-41-45-69-65-28-10-9-26-63(65)64-27-11-12-29-66(64)77(69)51-56)54-39-44-70-71-46-40-55(50-78(71)68-31-14-13-30-67(68)76(70)49-54)60-24-7-8-25-62(60)73-34-19-37-83-84(73)74-33-16-18-36-81(74)86(83)59-22-5-2-6-23-59/h1-52H. The molecule has 0 aliphatic carbocycles. The summed E-state index contributed by atoms with van der Waals surface area (Å²) in [6, 6.07) is 117. The van der Waals surface area contributed by atoms with Crippen molar-refractivity contribution in [3.63, 3.8) is 0 Å². The van der Waals surface area contributed by atoms with Gasteiger partial charge in [-0.1, -0.05) is 237 Å². The van der Waals surface area contributed by atoms with Crippen molar-refractivity contribution in [3.05, 3.63) is 315 Å². The first-order chi connectivity index (χ1) is 42.7. The van der Waals surface area contributed by atoms with E-state index in [2.05, 4.69) is 325 Å². The van der Waals surface area contributed by atoms with Gasteiger partial charge in [-0.25, -0.2) is 0 Å². The lowest BCUT2D eigenvalue weighted by molar-refractivity contribution is 1.18. The lowest BCUT2D eigenvalue weighted by Gasteiger charge is -2.17. The molecule has 0 aliphatic rings. The normalized spacial score (nSPS) is 12.0. The van der Waals surface area contributed by atoms with E-state index in [-0.39, 0.29) is 0 Å². The fourth-order valence-corrected chi connectivity index (χ4v) is 14.7. The van der Waals surface area contributed by atoms with E-state index in [4.69, 9.17) is 0 Å². The van der Waals surface area contributed by atoms with Crippen LogP contribution >= 0.6 is 0 Å². The summed E-state index contributed by atoms with van der Waals surface area (Å²) in [5.41, 5.74) is 19.1. The molecule has 0 aliphatic heterocycles. The zero-order valence-electron chi connectivity index (χ0n) is 46.9. The maximum atomic E-state index is 2.45. The van der Waals surface area contributed by atoms with Gasteiger partial charge in [-0.15, -0.1) is 0 Å². The van der Waals surface area contributed by atoms with E-state index in [1.54, 1.807) is 0 Å². The van der Waals surface area contributed by atoms with Crippen molar-refractivity contribution in [2.45, 2.75) is 0 Å². The Morgan fingerprint density at radius 2 is 0.488 bits per heavy atom. The molecule has 0 atom stereocenters. The number of aromatic nitrogens is 2. The summed E-state index contributed by atoms with van der Waals surface area (Å²) in [5.74, 6) is 0. The maximum absolute atomic E-state index is 2.45. The Bertz CT molecular complexity index is 5770. The topological polar surface area (TPSA) is 9.86 Å². The molecule has 18 aromatic rings. The fraction of sp³-hybridized carbons (Fsp3) is 0. The molecular weight excluding hydrogens is 1040 g/mol. The SMILES string of the molecule is c1ccc(-n2c3ccccc3c3cc(-c4cc(-c5ccc6c7ccc(-c8ccccc8-c8cccc9c8c8ccccc8n9-c8ccccc8)cc7c7ccccc7c6c5)ccc4-c4ccc5c6ccccc6c6ccccc6c5c4)ccc32)cc1. The second-order valence-electron chi connectivity index (χ2n) is 23.0. The number of rotatable bonds is 7. The molecule has 0 unspecified atom stereocenters. The lowest BCUT2D eigenvalue weighted by Crippen LogP contribution is -1.93. The van der Waals surface area contributed by atoms with Gasteiger partial charge in [-0.3, -0.25) is 0 Å². The molecule has 0 saturated carbocycles. The highest BCUT2D eigenvalue weighted by molar-refractivity contribution is 6.28. The number of hydrogen-bond donors (Lipinski definition) is 0. The highest BCUT2D eigenvalue weighted by atomic mass is 15.0. The van der Waals surface area contributed by atoms with Crippen LogP contribution in [0.5, 0.6) is 0 Å². The minimum Gasteiger partial charge on any atom is -0.309 e. The molecule has 18 rings (SSSR count). The van der Waals surface area contributed by atoms with Crippen molar-refractivity contribution < 1.29 is 0 Å². The second-order valence-corrected chi connectivity index (χ2v) is 23.0. The molecule has 0 fully saturated rings. The molecule has 0 saturated heterocycles. The van der Waals surface area contributed by atoms with E-state index in [0.29, 0.717) is 0 Å². The maximum Gasteiger partial charge on any atom is 0.0547 e. The molecule has 2 heteroatoms. The molecule has 16 aromatic carbocycles. The van der Waals surface area contributed by atoms with E-state index in [0.717, 1.165) is 11.4 Å². The molecule has 2 heterocycles. The van der Waals surface area contributed by atoms with Crippen LogP contribution in [0.15, 0.2) is 315 Å². The number of para-hydroxylation sites is 4. The van der Waals surface area contributed by atoms with Crippen LogP contribution < -0.4 is 0 Å². The average Bonchev–Trinajstić information content (AvgIpc) is 3.36. The van der Waals surface area contributed by atoms with Crippen LogP contribution in [0, 0.1) is 0 Å². The van der Waals surface area contributed by atoms with E-state index < -0.39 is 0 Å². The monoisotopic (exact) mass is 1090 g/mol. The molecule has 398 valence electrons. The van der Waals surface area contributed by atoms with Crippen LogP contribution in [0.3, 0.4) is 0 Å². The molecule has 2 aromatic heterocycles. The molecule has 0 bridgehead atoms. The van der Waals surface area contributed by atoms with Crippen molar-refractivity contribution in [2.75, 3.05) is 0 Å². The van der Waals surface area contributed by atoms with Gasteiger partial charge in [-0.2, -0.15) is 0 Å². The predicted octanol–water partition coefficient (Wildman–Crippen LogP) is 23.1. The number of hydrogen-bond acceptors (Lipinski definition) is 0. The van der Waals surface area contributed by atoms with E-state index in [1.165, 1.54) is 164 Å². The van der Waals surface area contributed by atoms with Crippen LogP contribution in [0.25, 0.3) is 175 Å². The average molecular weight is 1090 g/mol. The Balaban J connectivity index is 0.805. The zero-order chi connectivity index (χ0) is 56.4. The van der Waals surface area contributed by atoms with Gasteiger partial charge in [0.05, 0.1) is 22.1 Å². The first-order valence-corrected chi connectivity index (χ1v) is 29.8. The number of nitrogens with zero attached hydrogens (tertiary/aromatic N) is 2. The predicted molar refractivity (Wildman–Crippen MR) is 367 cm³/mol. The Morgan fingerprint density at radius 3 is 1.07 bits per heavy atom. The molecule has 0 radical (unpaired) electrons. The Morgan fingerprint density at radius 1 is 0.151 bits per heavy atom. The van der Waals surface area contributed by atoms with Crippen LogP contribution in [0.2, 0.25) is 0 Å². The van der Waals surface area contributed by atoms with E-state index >= 15 is 0 Å². The Hall–Kier alpha value is -11.3. The van der Waals surface area contributed by atoms with Crippen molar-refractivity contribution >= 4 is 108 Å². The minimum atomic E-state index is 1.15. The molecule has 86 heavy (non-hydrogen) atoms. The smallest absolute Gasteiger partial charge is 0.0547 e. The first kappa shape index (κ1) is 48.2. The first-order valence-electron chi connectivity index (χ1n) is 29.8. The van der Waals surface area contributed by atoms with Gasteiger partial charge >= 0.3 is 0 Å². The Labute approximate surface area is 496 Å². The summed E-state index contributed by atoms with van der Waals surface area (Å²) >= 11 is 0. The minimum absolute atomic E-state index is 1.15. The van der Waals surface area contributed by atoms with Crippen LogP contribution in [0.1, 0.15) is 0 Å². The third-order valence-electron chi connectivity index (χ3n) is 18.5. The quantitative estimate of drug-likeness (QED) is 0.141. The number of benzene rings is 16. The summed E-state index contributed by atoms with van der Waals surface area (Å²) in [6.45, 7) is 0. The summed E-state index contributed by atoms with van der Waals surface area (Å²) < 4.78 is 4.81. The van der Waals surface area contributed by atoms with Crippen molar-refractivity contribution in [1.29, 1.82) is 0 Å². The van der Waals surface area contributed by atoms with Gasteiger partial charge in [0.2, 0.25) is 0 Å². The molecule has 0 amide bonds. The van der Waals surface area contributed by atoms with Gasteiger partial charge in [0, 0.05) is 32.9 Å². The van der Waals surface area contributed by atoms with E-state index in [1.807, 2.05) is 0 Å². The van der Waals surface area contributed by atoms with Gasteiger partial charge in [0.15, 0.2) is 0 Å². The van der Waals surface area contributed by atoms with Crippen LogP contribution in [-0.4, -0.2) is 9.13 Å². The van der Waals surface area contributed by atoms with Gasteiger partial charge in [0.25, 0.3) is 0 Å². The third-order valence-corrected chi connectivity index (χ3v) is 18.5. The van der Waals surface area contributed by atoms with Crippen LogP contribution in [-0.2, 0) is 0 Å². The second kappa shape index (κ2) is 19.1. The lowest BCUT2D eigenvalue weighted by atomic mass is 9.87.